The molecule has 0 bridgehead atoms. The molecule has 1 saturated heterocycles. The largest absolute Gasteiger partial charge is 0.481 e. The van der Waals surface area contributed by atoms with Crippen molar-refractivity contribution in [3.8, 4) is 0 Å². The van der Waals surface area contributed by atoms with Gasteiger partial charge in [-0.3, -0.25) is 9.59 Å². The fraction of sp³-hybridized carbons (Fsp3) is 0.818. The summed E-state index contributed by atoms with van der Waals surface area (Å²) < 4.78 is 5.37. The Kier molecular flexibility index (Phi) is 5.85. The SMILES string of the molecule is O=C(O)CCCCC(=O)NCC1CCCO1. The molecule has 1 atom stereocenters. The number of carbonyl (C=O) groups is 2. The zero-order valence-corrected chi connectivity index (χ0v) is 9.41. The Balaban J connectivity index is 1.95. The highest BCUT2D eigenvalue weighted by atomic mass is 16.5. The van der Waals surface area contributed by atoms with Crippen molar-refractivity contribution in [1.82, 2.24) is 5.32 Å². The van der Waals surface area contributed by atoms with Crippen molar-refractivity contribution >= 4 is 11.9 Å². The van der Waals surface area contributed by atoms with E-state index in [1.54, 1.807) is 0 Å². The van der Waals surface area contributed by atoms with Crippen molar-refractivity contribution in [1.29, 1.82) is 0 Å². The summed E-state index contributed by atoms with van der Waals surface area (Å²) in [5, 5.41) is 11.2. The van der Waals surface area contributed by atoms with E-state index in [4.69, 9.17) is 9.84 Å². The second kappa shape index (κ2) is 7.22. The minimum atomic E-state index is -0.806. The van der Waals surface area contributed by atoms with Gasteiger partial charge in [-0.15, -0.1) is 0 Å². The number of unbranched alkanes of at least 4 members (excludes halogenated alkanes) is 1. The zero-order chi connectivity index (χ0) is 11.8. The molecule has 1 amide bonds. The Morgan fingerprint density at radius 2 is 2.06 bits per heavy atom. The molecule has 92 valence electrons. The Morgan fingerprint density at radius 1 is 1.31 bits per heavy atom. The van der Waals surface area contributed by atoms with Crippen LogP contribution in [0, 0.1) is 0 Å². The van der Waals surface area contributed by atoms with E-state index in [-0.39, 0.29) is 18.4 Å². The number of aliphatic carboxylic acids is 1. The van der Waals surface area contributed by atoms with E-state index in [9.17, 15) is 9.59 Å². The van der Waals surface area contributed by atoms with Crippen LogP contribution < -0.4 is 5.32 Å². The summed E-state index contributed by atoms with van der Waals surface area (Å²) in [7, 11) is 0. The predicted octanol–water partition coefficient (Wildman–Crippen LogP) is 0.927. The van der Waals surface area contributed by atoms with Crippen LogP contribution in [0.25, 0.3) is 0 Å². The fourth-order valence-electron chi connectivity index (χ4n) is 1.68. The molecule has 0 radical (unpaired) electrons. The van der Waals surface area contributed by atoms with Gasteiger partial charge in [0.05, 0.1) is 6.10 Å². The van der Waals surface area contributed by atoms with Crippen LogP contribution in [-0.4, -0.2) is 36.2 Å². The molecule has 0 aromatic carbocycles. The first-order chi connectivity index (χ1) is 7.68. The molecule has 0 aromatic heterocycles. The smallest absolute Gasteiger partial charge is 0.303 e. The van der Waals surface area contributed by atoms with E-state index in [0.29, 0.717) is 25.8 Å². The number of carboxylic acids is 1. The van der Waals surface area contributed by atoms with E-state index in [1.165, 1.54) is 0 Å². The third kappa shape index (κ3) is 5.70. The summed E-state index contributed by atoms with van der Waals surface area (Å²) in [5.41, 5.74) is 0. The number of amides is 1. The van der Waals surface area contributed by atoms with Gasteiger partial charge in [0.2, 0.25) is 5.91 Å². The lowest BCUT2D eigenvalue weighted by Gasteiger charge is -2.10. The summed E-state index contributed by atoms with van der Waals surface area (Å²) in [4.78, 5) is 21.6. The molecular formula is C11H19NO4. The Bertz CT molecular complexity index is 236. The van der Waals surface area contributed by atoms with E-state index in [1.807, 2.05) is 0 Å². The highest BCUT2D eigenvalue weighted by molar-refractivity contribution is 5.75. The number of hydrogen-bond acceptors (Lipinski definition) is 3. The quantitative estimate of drug-likeness (QED) is 0.637. The lowest BCUT2D eigenvalue weighted by molar-refractivity contribution is -0.137. The van der Waals surface area contributed by atoms with Crippen LogP contribution in [0.4, 0.5) is 0 Å². The number of rotatable bonds is 7. The van der Waals surface area contributed by atoms with Crippen molar-refractivity contribution in [2.24, 2.45) is 0 Å². The molecule has 0 saturated carbocycles. The Morgan fingerprint density at radius 3 is 2.69 bits per heavy atom. The lowest BCUT2D eigenvalue weighted by atomic mass is 10.2. The molecule has 1 fully saturated rings. The highest BCUT2D eigenvalue weighted by Gasteiger charge is 2.15. The summed E-state index contributed by atoms with van der Waals surface area (Å²) in [5.74, 6) is -0.819. The first-order valence-corrected chi connectivity index (χ1v) is 5.78. The third-order valence-electron chi connectivity index (χ3n) is 2.60. The maximum atomic E-state index is 11.3. The highest BCUT2D eigenvalue weighted by Crippen LogP contribution is 2.10. The molecular weight excluding hydrogens is 210 g/mol. The van der Waals surface area contributed by atoms with Gasteiger partial charge in [-0.2, -0.15) is 0 Å². The first-order valence-electron chi connectivity index (χ1n) is 5.78. The van der Waals surface area contributed by atoms with Crippen molar-refractivity contribution in [3.63, 3.8) is 0 Å². The summed E-state index contributed by atoms with van der Waals surface area (Å²) in [6, 6.07) is 0. The van der Waals surface area contributed by atoms with Crippen molar-refractivity contribution < 1.29 is 19.4 Å². The van der Waals surface area contributed by atoms with Crippen LogP contribution in [0.2, 0.25) is 0 Å². The predicted molar refractivity (Wildman–Crippen MR) is 58.1 cm³/mol. The molecule has 0 spiro atoms. The van der Waals surface area contributed by atoms with Gasteiger partial charge in [0.15, 0.2) is 0 Å². The summed E-state index contributed by atoms with van der Waals surface area (Å²) in [6.45, 7) is 1.37. The molecule has 1 rings (SSSR count). The number of nitrogens with one attached hydrogen (secondary N) is 1. The molecule has 2 N–H and O–H groups in total. The van der Waals surface area contributed by atoms with Crippen molar-refractivity contribution in [2.45, 2.75) is 44.6 Å². The molecule has 5 heteroatoms. The average molecular weight is 229 g/mol. The summed E-state index contributed by atoms with van der Waals surface area (Å²) >= 11 is 0. The van der Waals surface area contributed by atoms with Crippen LogP contribution >= 0.6 is 0 Å². The van der Waals surface area contributed by atoms with Crippen LogP contribution in [0.15, 0.2) is 0 Å². The topological polar surface area (TPSA) is 75.6 Å². The molecule has 0 aromatic rings. The minimum Gasteiger partial charge on any atom is -0.481 e. The number of carboxylic acid groups (broad SMARTS) is 1. The molecule has 16 heavy (non-hydrogen) atoms. The molecule has 1 unspecified atom stereocenters. The van der Waals surface area contributed by atoms with Crippen LogP contribution in [0.5, 0.6) is 0 Å². The van der Waals surface area contributed by atoms with Gasteiger partial charge in [-0.25, -0.2) is 0 Å². The van der Waals surface area contributed by atoms with Crippen LogP contribution in [-0.2, 0) is 14.3 Å². The molecule has 5 nitrogen and oxygen atoms in total. The molecule has 1 aliphatic rings. The van der Waals surface area contributed by atoms with E-state index in [2.05, 4.69) is 5.32 Å². The number of carbonyl (C=O) groups excluding carboxylic acids is 1. The van der Waals surface area contributed by atoms with E-state index >= 15 is 0 Å². The molecule has 1 heterocycles. The van der Waals surface area contributed by atoms with Gasteiger partial charge < -0.3 is 15.2 Å². The number of ether oxygens (including phenoxy) is 1. The normalized spacial score (nSPS) is 19.6. The number of hydrogen-bond donors (Lipinski definition) is 2. The zero-order valence-electron chi connectivity index (χ0n) is 9.41. The summed E-state index contributed by atoms with van der Waals surface area (Å²) in [6.07, 6.45) is 3.98. The monoisotopic (exact) mass is 229 g/mol. The lowest BCUT2D eigenvalue weighted by Crippen LogP contribution is -2.31. The van der Waals surface area contributed by atoms with E-state index in [0.717, 1.165) is 19.4 Å². The Labute approximate surface area is 95.2 Å². The van der Waals surface area contributed by atoms with Gasteiger partial charge in [0, 0.05) is 26.0 Å². The second-order valence-electron chi connectivity index (χ2n) is 4.04. The molecule has 1 aliphatic heterocycles. The van der Waals surface area contributed by atoms with Gasteiger partial charge in [-0.05, 0) is 25.7 Å². The van der Waals surface area contributed by atoms with Crippen molar-refractivity contribution in [3.05, 3.63) is 0 Å². The first kappa shape index (κ1) is 13.0. The molecule has 0 aliphatic carbocycles. The van der Waals surface area contributed by atoms with Crippen LogP contribution in [0.1, 0.15) is 38.5 Å². The van der Waals surface area contributed by atoms with Gasteiger partial charge in [-0.1, -0.05) is 0 Å². The second-order valence-corrected chi connectivity index (χ2v) is 4.04. The maximum Gasteiger partial charge on any atom is 0.303 e. The van der Waals surface area contributed by atoms with Gasteiger partial charge in [0.1, 0.15) is 0 Å². The Hall–Kier alpha value is -1.10. The maximum absolute atomic E-state index is 11.3. The standard InChI is InChI=1S/C11H19NO4/c13-10(5-1-2-6-11(14)15)12-8-9-4-3-7-16-9/h9H,1-8H2,(H,12,13)(H,14,15). The third-order valence-corrected chi connectivity index (χ3v) is 2.60. The van der Waals surface area contributed by atoms with Crippen molar-refractivity contribution in [2.75, 3.05) is 13.2 Å². The van der Waals surface area contributed by atoms with E-state index < -0.39 is 5.97 Å². The minimum absolute atomic E-state index is 0.0131. The van der Waals surface area contributed by atoms with Crippen LogP contribution in [0.3, 0.4) is 0 Å². The van der Waals surface area contributed by atoms with Gasteiger partial charge >= 0.3 is 5.97 Å². The average Bonchev–Trinajstić information content (AvgIpc) is 2.74. The fourth-order valence-corrected chi connectivity index (χ4v) is 1.68. The van der Waals surface area contributed by atoms with Gasteiger partial charge in [0.25, 0.3) is 0 Å².